The molecule has 1 atom stereocenters. The van der Waals surface area contributed by atoms with Crippen LogP contribution in [0.4, 0.5) is 0 Å². The molecule has 1 aliphatic rings. The SMILES string of the molecule is CC.CCC1=CNC(C)N=C1. The fraction of sp³-hybridized carbons (Fsp3) is 0.667. The van der Waals surface area contributed by atoms with E-state index in [0.717, 1.165) is 6.42 Å². The van der Waals surface area contributed by atoms with Crippen molar-refractivity contribution >= 4 is 6.21 Å². The number of rotatable bonds is 1. The van der Waals surface area contributed by atoms with Gasteiger partial charge in [-0.15, -0.1) is 0 Å². The summed E-state index contributed by atoms with van der Waals surface area (Å²) in [7, 11) is 0. The van der Waals surface area contributed by atoms with Gasteiger partial charge in [0.25, 0.3) is 0 Å². The molecule has 0 amide bonds. The Balaban J connectivity index is 0.000000461. The molecule has 0 spiro atoms. The molecule has 64 valence electrons. The minimum Gasteiger partial charge on any atom is -0.370 e. The second-order valence-electron chi connectivity index (χ2n) is 2.19. The van der Waals surface area contributed by atoms with Gasteiger partial charge in [-0.2, -0.15) is 0 Å². The minimum atomic E-state index is 0.264. The van der Waals surface area contributed by atoms with Crippen molar-refractivity contribution in [1.29, 1.82) is 0 Å². The molecule has 1 N–H and O–H groups in total. The quantitative estimate of drug-likeness (QED) is 0.616. The van der Waals surface area contributed by atoms with Crippen LogP contribution in [0.5, 0.6) is 0 Å². The Morgan fingerprint density at radius 1 is 1.55 bits per heavy atom. The van der Waals surface area contributed by atoms with E-state index in [4.69, 9.17) is 0 Å². The number of hydrogen-bond acceptors (Lipinski definition) is 2. The molecule has 0 aliphatic carbocycles. The average Bonchev–Trinajstić information content (AvgIpc) is 2.10. The van der Waals surface area contributed by atoms with Crippen LogP contribution in [0.2, 0.25) is 0 Å². The Morgan fingerprint density at radius 2 is 2.18 bits per heavy atom. The molecule has 0 bridgehead atoms. The van der Waals surface area contributed by atoms with Crippen molar-refractivity contribution in [2.24, 2.45) is 4.99 Å². The maximum absolute atomic E-state index is 4.18. The molecule has 1 unspecified atom stereocenters. The lowest BCUT2D eigenvalue weighted by Gasteiger charge is -2.12. The molecular weight excluding hydrogens is 136 g/mol. The number of allylic oxidation sites excluding steroid dienone is 1. The average molecular weight is 154 g/mol. The van der Waals surface area contributed by atoms with Crippen LogP contribution in [0, 0.1) is 0 Å². The maximum atomic E-state index is 4.18. The van der Waals surface area contributed by atoms with Crippen molar-refractivity contribution < 1.29 is 0 Å². The van der Waals surface area contributed by atoms with Gasteiger partial charge in [0.05, 0.1) is 0 Å². The van der Waals surface area contributed by atoms with Crippen molar-refractivity contribution in [2.75, 3.05) is 0 Å². The van der Waals surface area contributed by atoms with Crippen LogP contribution in [0.15, 0.2) is 16.8 Å². The summed E-state index contributed by atoms with van der Waals surface area (Å²) in [6, 6.07) is 0. The van der Waals surface area contributed by atoms with Gasteiger partial charge in [0, 0.05) is 12.4 Å². The Hall–Kier alpha value is -0.790. The first-order valence-electron chi connectivity index (χ1n) is 4.31. The Bertz CT molecular complexity index is 148. The number of nitrogens with one attached hydrogen (secondary N) is 1. The zero-order valence-electron chi connectivity index (χ0n) is 7.89. The van der Waals surface area contributed by atoms with Gasteiger partial charge in [0.1, 0.15) is 6.17 Å². The zero-order chi connectivity index (χ0) is 8.69. The van der Waals surface area contributed by atoms with E-state index in [0.29, 0.717) is 0 Å². The third-order valence-electron chi connectivity index (χ3n) is 1.38. The molecule has 1 heterocycles. The van der Waals surface area contributed by atoms with Crippen LogP contribution in [0.3, 0.4) is 0 Å². The lowest BCUT2D eigenvalue weighted by molar-refractivity contribution is 0.662. The van der Waals surface area contributed by atoms with Gasteiger partial charge >= 0.3 is 0 Å². The number of nitrogens with zero attached hydrogens (tertiary/aromatic N) is 1. The predicted octanol–water partition coefficient (Wildman–Crippen LogP) is 2.33. The summed E-state index contributed by atoms with van der Waals surface area (Å²) in [5.74, 6) is 0. The zero-order valence-corrected chi connectivity index (χ0v) is 7.89. The van der Waals surface area contributed by atoms with Crippen LogP contribution in [0.1, 0.15) is 34.1 Å². The summed E-state index contributed by atoms with van der Waals surface area (Å²) in [6.07, 6.45) is 5.28. The van der Waals surface area contributed by atoms with Crippen molar-refractivity contribution in [3.63, 3.8) is 0 Å². The molecule has 0 saturated heterocycles. The topological polar surface area (TPSA) is 24.4 Å². The van der Waals surface area contributed by atoms with E-state index in [1.165, 1.54) is 5.57 Å². The van der Waals surface area contributed by atoms with Crippen LogP contribution >= 0.6 is 0 Å². The third-order valence-corrected chi connectivity index (χ3v) is 1.38. The molecular formula is C9H18N2. The molecule has 0 saturated carbocycles. The molecule has 1 aliphatic heterocycles. The van der Waals surface area contributed by atoms with Gasteiger partial charge in [0.15, 0.2) is 0 Å². The molecule has 0 fully saturated rings. The van der Waals surface area contributed by atoms with Crippen LogP contribution < -0.4 is 5.32 Å². The highest BCUT2D eigenvalue weighted by Crippen LogP contribution is 2.00. The predicted molar refractivity (Wildman–Crippen MR) is 50.8 cm³/mol. The summed E-state index contributed by atoms with van der Waals surface area (Å²) < 4.78 is 0. The lowest BCUT2D eigenvalue weighted by atomic mass is 10.2. The lowest BCUT2D eigenvalue weighted by Crippen LogP contribution is -2.22. The van der Waals surface area contributed by atoms with Gasteiger partial charge in [0.2, 0.25) is 0 Å². The number of hydrogen-bond donors (Lipinski definition) is 1. The first kappa shape index (κ1) is 10.2. The fourth-order valence-corrected chi connectivity index (χ4v) is 0.709. The third kappa shape index (κ3) is 3.81. The first-order chi connectivity index (χ1) is 5.33. The monoisotopic (exact) mass is 154 g/mol. The highest BCUT2D eigenvalue weighted by Gasteiger charge is 1.99. The standard InChI is InChI=1S/C7H12N2.C2H6/c1-3-7-4-8-6(2)9-5-7;1-2/h4-6,8H,3H2,1-2H3;1-2H3. The molecule has 0 aromatic rings. The Kier molecular flexibility index (Phi) is 5.53. The molecule has 0 radical (unpaired) electrons. The molecule has 11 heavy (non-hydrogen) atoms. The molecule has 2 nitrogen and oxygen atoms in total. The van der Waals surface area contributed by atoms with Gasteiger partial charge in [-0.3, -0.25) is 4.99 Å². The second kappa shape index (κ2) is 5.96. The van der Waals surface area contributed by atoms with Crippen molar-refractivity contribution in [1.82, 2.24) is 5.32 Å². The molecule has 0 aromatic heterocycles. The summed E-state index contributed by atoms with van der Waals surface area (Å²) >= 11 is 0. The van der Waals surface area contributed by atoms with Crippen molar-refractivity contribution in [2.45, 2.75) is 40.3 Å². The van der Waals surface area contributed by atoms with Gasteiger partial charge in [-0.05, 0) is 18.9 Å². The van der Waals surface area contributed by atoms with Gasteiger partial charge in [-0.1, -0.05) is 20.8 Å². The van der Waals surface area contributed by atoms with E-state index in [1.807, 2.05) is 33.2 Å². The van der Waals surface area contributed by atoms with E-state index < -0.39 is 0 Å². The molecule has 2 heteroatoms. The van der Waals surface area contributed by atoms with Crippen LogP contribution in [-0.2, 0) is 0 Å². The van der Waals surface area contributed by atoms with E-state index in [1.54, 1.807) is 0 Å². The van der Waals surface area contributed by atoms with E-state index in [-0.39, 0.29) is 6.17 Å². The normalized spacial score (nSPS) is 21.1. The summed E-state index contributed by atoms with van der Waals surface area (Å²) in [6.45, 7) is 8.15. The van der Waals surface area contributed by atoms with Gasteiger partial charge < -0.3 is 5.32 Å². The van der Waals surface area contributed by atoms with E-state index in [2.05, 4.69) is 17.2 Å². The first-order valence-corrected chi connectivity index (χ1v) is 4.31. The largest absolute Gasteiger partial charge is 0.370 e. The fourth-order valence-electron chi connectivity index (χ4n) is 0.709. The Labute approximate surface area is 69.4 Å². The van der Waals surface area contributed by atoms with E-state index >= 15 is 0 Å². The maximum Gasteiger partial charge on any atom is 0.115 e. The van der Waals surface area contributed by atoms with Crippen LogP contribution in [-0.4, -0.2) is 12.4 Å². The van der Waals surface area contributed by atoms with Crippen molar-refractivity contribution in [3.05, 3.63) is 11.8 Å². The molecule has 1 rings (SSSR count). The summed E-state index contributed by atoms with van der Waals surface area (Å²) in [5, 5.41) is 3.12. The molecule has 0 aromatic carbocycles. The Morgan fingerprint density at radius 3 is 2.55 bits per heavy atom. The minimum absolute atomic E-state index is 0.264. The summed E-state index contributed by atoms with van der Waals surface area (Å²) in [4.78, 5) is 4.18. The van der Waals surface area contributed by atoms with E-state index in [9.17, 15) is 0 Å². The number of aliphatic imine (C=N–C) groups is 1. The van der Waals surface area contributed by atoms with Gasteiger partial charge in [-0.25, -0.2) is 0 Å². The summed E-state index contributed by atoms with van der Waals surface area (Å²) in [5.41, 5.74) is 1.27. The smallest absolute Gasteiger partial charge is 0.115 e. The van der Waals surface area contributed by atoms with Crippen molar-refractivity contribution in [3.8, 4) is 0 Å². The highest BCUT2D eigenvalue weighted by atomic mass is 15.1. The second-order valence-corrected chi connectivity index (χ2v) is 2.19. The highest BCUT2D eigenvalue weighted by molar-refractivity contribution is 5.79. The van der Waals surface area contributed by atoms with Crippen LogP contribution in [0.25, 0.3) is 0 Å².